The second-order valence-corrected chi connectivity index (χ2v) is 8.68. The van der Waals surface area contributed by atoms with Gasteiger partial charge in [0.15, 0.2) is 0 Å². The minimum absolute atomic E-state index is 0.258. The van der Waals surface area contributed by atoms with E-state index in [4.69, 9.17) is 0 Å². The van der Waals surface area contributed by atoms with Gasteiger partial charge in [0.2, 0.25) is 0 Å². The second-order valence-electron chi connectivity index (χ2n) is 8.68. The lowest BCUT2D eigenvalue weighted by molar-refractivity contribution is 0.311. The lowest BCUT2D eigenvalue weighted by Gasteiger charge is -2.32. The van der Waals surface area contributed by atoms with Gasteiger partial charge in [-0.15, -0.1) is 0 Å². The van der Waals surface area contributed by atoms with Crippen LogP contribution >= 0.6 is 0 Å². The number of rotatable bonds is 8. The van der Waals surface area contributed by atoms with Crippen molar-refractivity contribution in [1.82, 2.24) is 0 Å². The van der Waals surface area contributed by atoms with Gasteiger partial charge in [0.25, 0.3) is 0 Å². The van der Waals surface area contributed by atoms with Crippen LogP contribution in [-0.2, 0) is 12.8 Å². The third-order valence-corrected chi connectivity index (χ3v) is 5.67. The summed E-state index contributed by atoms with van der Waals surface area (Å²) in [6.45, 7) is 9.06. The van der Waals surface area contributed by atoms with Crippen LogP contribution in [0.5, 0.6) is 11.5 Å². The standard InChI is InChI=1S/C23H36O2/c1-5-6-7-8-9-10-18-13-21(24)20(22(25)14-18)15-19-11-12-23(3,4)16-17(19)2/h13-14,24-25H,5-12,15-16H2,1-4H3. The van der Waals surface area contributed by atoms with E-state index in [9.17, 15) is 10.2 Å². The normalized spacial score (nSPS) is 17.1. The van der Waals surface area contributed by atoms with Crippen LogP contribution in [0.4, 0.5) is 0 Å². The first-order valence-electron chi connectivity index (χ1n) is 10.0. The van der Waals surface area contributed by atoms with Crippen molar-refractivity contribution in [3.63, 3.8) is 0 Å². The molecule has 0 unspecified atom stereocenters. The molecule has 1 aliphatic rings. The quantitative estimate of drug-likeness (QED) is 0.408. The van der Waals surface area contributed by atoms with Crippen LogP contribution < -0.4 is 0 Å². The largest absolute Gasteiger partial charge is 0.508 e. The fourth-order valence-electron chi connectivity index (χ4n) is 4.04. The van der Waals surface area contributed by atoms with Crippen molar-refractivity contribution in [2.45, 2.75) is 91.9 Å². The minimum Gasteiger partial charge on any atom is -0.508 e. The predicted octanol–water partition coefficient (Wildman–Crippen LogP) is 6.68. The lowest BCUT2D eigenvalue weighted by Crippen LogP contribution is -2.18. The van der Waals surface area contributed by atoms with Gasteiger partial charge in [-0.25, -0.2) is 0 Å². The van der Waals surface area contributed by atoms with Crippen LogP contribution in [0.15, 0.2) is 23.3 Å². The minimum atomic E-state index is 0.258. The Balaban J connectivity index is 2.03. The number of phenols is 2. The Kier molecular flexibility index (Phi) is 6.98. The fourth-order valence-corrected chi connectivity index (χ4v) is 4.04. The van der Waals surface area contributed by atoms with Gasteiger partial charge in [0.1, 0.15) is 11.5 Å². The third kappa shape index (κ3) is 5.80. The van der Waals surface area contributed by atoms with Gasteiger partial charge in [-0.3, -0.25) is 0 Å². The summed E-state index contributed by atoms with van der Waals surface area (Å²) in [5.74, 6) is 0.516. The fraction of sp³-hybridized carbons (Fsp3) is 0.652. The Labute approximate surface area is 154 Å². The number of hydrogen-bond donors (Lipinski definition) is 2. The molecule has 1 aromatic rings. The zero-order valence-corrected chi connectivity index (χ0v) is 16.6. The van der Waals surface area contributed by atoms with E-state index in [0.717, 1.165) is 31.2 Å². The van der Waals surface area contributed by atoms with Crippen molar-refractivity contribution in [1.29, 1.82) is 0 Å². The molecule has 0 saturated carbocycles. The number of allylic oxidation sites excluding steroid dienone is 2. The Bertz CT molecular complexity index is 588. The van der Waals surface area contributed by atoms with Crippen LogP contribution in [-0.4, -0.2) is 10.2 Å². The molecule has 0 atom stereocenters. The molecule has 0 amide bonds. The van der Waals surface area contributed by atoms with Crippen LogP contribution in [0.2, 0.25) is 0 Å². The monoisotopic (exact) mass is 344 g/mol. The van der Waals surface area contributed by atoms with E-state index in [1.54, 1.807) is 0 Å². The first-order valence-corrected chi connectivity index (χ1v) is 10.0. The second kappa shape index (κ2) is 8.78. The third-order valence-electron chi connectivity index (χ3n) is 5.67. The summed E-state index contributed by atoms with van der Waals surface area (Å²) >= 11 is 0. The van der Waals surface area contributed by atoms with Crippen molar-refractivity contribution in [3.05, 3.63) is 34.4 Å². The molecule has 140 valence electrons. The van der Waals surface area contributed by atoms with Gasteiger partial charge >= 0.3 is 0 Å². The summed E-state index contributed by atoms with van der Waals surface area (Å²) in [5.41, 5.74) is 4.93. The summed E-state index contributed by atoms with van der Waals surface area (Å²) in [4.78, 5) is 0. The van der Waals surface area contributed by atoms with Gasteiger partial charge < -0.3 is 10.2 Å². The maximum atomic E-state index is 10.4. The molecule has 0 radical (unpaired) electrons. The number of aryl methyl sites for hydroxylation is 1. The molecule has 2 heteroatoms. The van der Waals surface area contributed by atoms with Crippen molar-refractivity contribution in [2.24, 2.45) is 5.41 Å². The maximum Gasteiger partial charge on any atom is 0.123 e. The van der Waals surface area contributed by atoms with Crippen LogP contribution in [0.3, 0.4) is 0 Å². The maximum absolute atomic E-state index is 10.4. The zero-order chi connectivity index (χ0) is 18.4. The summed E-state index contributed by atoms with van der Waals surface area (Å²) in [7, 11) is 0. The molecule has 0 spiro atoms. The average Bonchev–Trinajstić information content (AvgIpc) is 2.52. The van der Waals surface area contributed by atoms with Crippen molar-refractivity contribution < 1.29 is 10.2 Å². The SMILES string of the molecule is CCCCCCCc1cc(O)c(CC2=C(C)CC(C)(C)CC2)c(O)c1. The van der Waals surface area contributed by atoms with Crippen molar-refractivity contribution >= 4 is 0 Å². The molecule has 0 heterocycles. The summed E-state index contributed by atoms with van der Waals surface area (Å²) in [6.07, 6.45) is 11.1. The Morgan fingerprint density at radius 1 is 1.00 bits per heavy atom. The van der Waals surface area contributed by atoms with Crippen LogP contribution in [0.1, 0.15) is 90.2 Å². The van der Waals surface area contributed by atoms with E-state index in [2.05, 4.69) is 27.7 Å². The van der Waals surface area contributed by atoms with Crippen LogP contribution in [0.25, 0.3) is 0 Å². The van der Waals surface area contributed by atoms with E-state index >= 15 is 0 Å². The van der Waals surface area contributed by atoms with E-state index in [1.807, 2.05) is 12.1 Å². The zero-order valence-electron chi connectivity index (χ0n) is 16.6. The molecule has 0 fully saturated rings. The van der Waals surface area contributed by atoms with E-state index in [1.165, 1.54) is 43.3 Å². The van der Waals surface area contributed by atoms with Gasteiger partial charge in [0, 0.05) is 12.0 Å². The smallest absolute Gasteiger partial charge is 0.123 e. The molecule has 2 nitrogen and oxygen atoms in total. The number of aromatic hydroxyl groups is 2. The van der Waals surface area contributed by atoms with Crippen LogP contribution in [0, 0.1) is 5.41 Å². The molecule has 1 aromatic carbocycles. The van der Waals surface area contributed by atoms with Gasteiger partial charge in [-0.2, -0.15) is 0 Å². The molecule has 0 saturated heterocycles. The lowest BCUT2D eigenvalue weighted by atomic mass is 9.73. The highest BCUT2D eigenvalue weighted by molar-refractivity contribution is 5.49. The number of unbranched alkanes of at least 4 members (excludes halogenated alkanes) is 4. The highest BCUT2D eigenvalue weighted by Crippen LogP contribution is 2.41. The Hall–Kier alpha value is -1.44. The van der Waals surface area contributed by atoms with Gasteiger partial charge in [-0.1, -0.05) is 57.6 Å². The molecule has 25 heavy (non-hydrogen) atoms. The van der Waals surface area contributed by atoms with E-state index < -0.39 is 0 Å². The number of benzene rings is 1. The summed E-state index contributed by atoms with van der Waals surface area (Å²) < 4.78 is 0. The molecule has 0 aliphatic heterocycles. The van der Waals surface area contributed by atoms with E-state index in [0.29, 0.717) is 17.4 Å². The molecule has 0 bridgehead atoms. The van der Waals surface area contributed by atoms with Gasteiger partial charge in [0.05, 0.1) is 0 Å². The average molecular weight is 345 g/mol. The van der Waals surface area contributed by atoms with E-state index in [-0.39, 0.29) is 11.5 Å². The number of phenolic OH excluding ortho intramolecular Hbond substituents is 2. The summed E-state index contributed by atoms with van der Waals surface area (Å²) in [5, 5.41) is 20.9. The molecule has 1 aliphatic carbocycles. The Morgan fingerprint density at radius 2 is 1.64 bits per heavy atom. The number of hydrogen-bond acceptors (Lipinski definition) is 2. The predicted molar refractivity (Wildman–Crippen MR) is 106 cm³/mol. The molecular weight excluding hydrogens is 308 g/mol. The molecular formula is C23H36O2. The molecule has 2 rings (SSSR count). The van der Waals surface area contributed by atoms with Crippen molar-refractivity contribution in [3.8, 4) is 11.5 Å². The topological polar surface area (TPSA) is 40.5 Å². The summed E-state index contributed by atoms with van der Waals surface area (Å²) in [6, 6.07) is 3.72. The Morgan fingerprint density at radius 3 is 2.24 bits per heavy atom. The molecule has 0 aromatic heterocycles. The van der Waals surface area contributed by atoms with Crippen molar-refractivity contribution in [2.75, 3.05) is 0 Å². The van der Waals surface area contributed by atoms with Gasteiger partial charge in [-0.05, 0) is 62.1 Å². The highest BCUT2D eigenvalue weighted by Gasteiger charge is 2.26. The first-order chi connectivity index (χ1) is 11.8. The molecule has 2 N–H and O–H groups in total. The first kappa shape index (κ1) is 19.9. The highest BCUT2D eigenvalue weighted by atomic mass is 16.3.